The molecule has 21 heavy (non-hydrogen) atoms. The number of benzene rings is 1. The first kappa shape index (κ1) is 14.6. The van der Waals surface area contributed by atoms with Gasteiger partial charge in [-0.25, -0.2) is 0 Å². The SMILES string of the molecule is COc1cc(OC)c(N)c(C(=O)Nc2ccc(C)nc2)c1. The molecule has 1 aromatic carbocycles. The van der Waals surface area contributed by atoms with E-state index in [9.17, 15) is 4.79 Å². The van der Waals surface area contributed by atoms with Crippen LogP contribution in [0.1, 0.15) is 16.1 Å². The lowest BCUT2D eigenvalue weighted by Crippen LogP contribution is -2.15. The van der Waals surface area contributed by atoms with E-state index in [0.29, 0.717) is 17.2 Å². The highest BCUT2D eigenvalue weighted by molar-refractivity contribution is 6.08. The Kier molecular flexibility index (Phi) is 4.27. The number of anilines is 2. The van der Waals surface area contributed by atoms with E-state index in [2.05, 4.69) is 10.3 Å². The van der Waals surface area contributed by atoms with Crippen molar-refractivity contribution in [3.8, 4) is 11.5 Å². The zero-order chi connectivity index (χ0) is 15.4. The topological polar surface area (TPSA) is 86.5 Å². The van der Waals surface area contributed by atoms with Crippen LogP contribution < -0.4 is 20.5 Å². The number of methoxy groups -OCH3 is 2. The summed E-state index contributed by atoms with van der Waals surface area (Å²) in [4.78, 5) is 16.4. The van der Waals surface area contributed by atoms with E-state index in [1.807, 2.05) is 13.0 Å². The Morgan fingerprint density at radius 3 is 2.57 bits per heavy atom. The van der Waals surface area contributed by atoms with E-state index >= 15 is 0 Å². The highest BCUT2D eigenvalue weighted by atomic mass is 16.5. The molecule has 0 fully saturated rings. The first-order chi connectivity index (χ1) is 10.0. The van der Waals surface area contributed by atoms with E-state index in [1.54, 1.807) is 24.4 Å². The smallest absolute Gasteiger partial charge is 0.258 e. The first-order valence-corrected chi connectivity index (χ1v) is 6.30. The average molecular weight is 287 g/mol. The van der Waals surface area contributed by atoms with Gasteiger partial charge >= 0.3 is 0 Å². The standard InChI is InChI=1S/C15H17N3O3/c1-9-4-5-10(8-17-9)18-15(19)12-6-11(20-2)7-13(21-3)14(12)16/h4-8H,16H2,1-3H3,(H,18,19). The Labute approximate surface area is 122 Å². The summed E-state index contributed by atoms with van der Waals surface area (Å²) >= 11 is 0. The Bertz CT molecular complexity index is 654. The molecule has 0 aliphatic rings. The van der Waals surface area contributed by atoms with Gasteiger partial charge in [0.25, 0.3) is 5.91 Å². The predicted octanol–water partition coefficient (Wildman–Crippen LogP) is 2.24. The molecule has 0 unspecified atom stereocenters. The number of nitrogen functional groups attached to an aromatic ring is 1. The zero-order valence-electron chi connectivity index (χ0n) is 12.1. The summed E-state index contributed by atoms with van der Waals surface area (Å²) in [5, 5.41) is 2.74. The van der Waals surface area contributed by atoms with Gasteiger partial charge in [0.15, 0.2) is 0 Å². The van der Waals surface area contributed by atoms with Crippen molar-refractivity contribution < 1.29 is 14.3 Å². The second-order valence-electron chi connectivity index (χ2n) is 4.43. The van der Waals surface area contributed by atoms with Gasteiger partial charge in [0.2, 0.25) is 0 Å². The fourth-order valence-corrected chi connectivity index (χ4v) is 1.82. The molecule has 0 saturated carbocycles. The second kappa shape index (κ2) is 6.13. The third-order valence-corrected chi connectivity index (χ3v) is 2.99. The van der Waals surface area contributed by atoms with Crippen LogP contribution in [0.4, 0.5) is 11.4 Å². The predicted molar refractivity (Wildman–Crippen MR) is 80.9 cm³/mol. The van der Waals surface area contributed by atoms with Crippen LogP contribution in [-0.2, 0) is 0 Å². The van der Waals surface area contributed by atoms with Crippen molar-refractivity contribution in [1.29, 1.82) is 0 Å². The van der Waals surface area contributed by atoms with E-state index in [0.717, 1.165) is 5.69 Å². The number of nitrogens with one attached hydrogen (secondary N) is 1. The molecule has 6 heteroatoms. The molecule has 0 atom stereocenters. The number of nitrogens with two attached hydrogens (primary N) is 1. The molecule has 0 aliphatic carbocycles. The van der Waals surface area contributed by atoms with Crippen LogP contribution >= 0.6 is 0 Å². The van der Waals surface area contributed by atoms with Crippen LogP contribution in [0.5, 0.6) is 11.5 Å². The summed E-state index contributed by atoms with van der Waals surface area (Å²) in [5.41, 5.74) is 7.94. The number of hydrogen-bond donors (Lipinski definition) is 2. The van der Waals surface area contributed by atoms with Gasteiger partial charge in [0, 0.05) is 11.8 Å². The second-order valence-corrected chi connectivity index (χ2v) is 4.43. The Balaban J connectivity index is 2.32. The van der Waals surface area contributed by atoms with Gasteiger partial charge in [-0.3, -0.25) is 9.78 Å². The number of carbonyl (C=O) groups excluding carboxylic acids is 1. The van der Waals surface area contributed by atoms with Crippen LogP contribution in [0, 0.1) is 6.92 Å². The molecular weight excluding hydrogens is 270 g/mol. The van der Waals surface area contributed by atoms with Crippen molar-refractivity contribution in [1.82, 2.24) is 4.98 Å². The van der Waals surface area contributed by atoms with Crippen molar-refractivity contribution >= 4 is 17.3 Å². The summed E-state index contributed by atoms with van der Waals surface area (Å²) < 4.78 is 10.3. The summed E-state index contributed by atoms with van der Waals surface area (Å²) in [6.45, 7) is 1.87. The minimum atomic E-state index is -0.352. The molecule has 1 heterocycles. The molecule has 6 nitrogen and oxygen atoms in total. The van der Waals surface area contributed by atoms with Gasteiger partial charge in [-0.05, 0) is 25.1 Å². The Hall–Kier alpha value is -2.76. The fraction of sp³-hybridized carbons (Fsp3) is 0.200. The van der Waals surface area contributed by atoms with Crippen LogP contribution in [0.15, 0.2) is 30.5 Å². The largest absolute Gasteiger partial charge is 0.497 e. The minimum absolute atomic E-state index is 0.260. The van der Waals surface area contributed by atoms with Gasteiger partial charge in [0.1, 0.15) is 11.5 Å². The highest BCUT2D eigenvalue weighted by Gasteiger charge is 2.16. The maximum Gasteiger partial charge on any atom is 0.258 e. The van der Waals surface area contributed by atoms with Crippen LogP contribution in [0.3, 0.4) is 0 Å². The van der Waals surface area contributed by atoms with Crippen molar-refractivity contribution in [2.75, 3.05) is 25.3 Å². The normalized spacial score (nSPS) is 10.0. The molecular formula is C15H17N3O3. The van der Waals surface area contributed by atoms with E-state index in [1.165, 1.54) is 14.2 Å². The van der Waals surface area contributed by atoms with Crippen molar-refractivity contribution in [2.24, 2.45) is 0 Å². The van der Waals surface area contributed by atoms with Gasteiger partial charge in [-0.2, -0.15) is 0 Å². The van der Waals surface area contributed by atoms with Crippen LogP contribution in [0.25, 0.3) is 0 Å². The van der Waals surface area contributed by atoms with E-state index < -0.39 is 0 Å². The van der Waals surface area contributed by atoms with Crippen molar-refractivity contribution in [2.45, 2.75) is 6.92 Å². The number of ether oxygens (including phenoxy) is 2. The maximum absolute atomic E-state index is 12.3. The van der Waals surface area contributed by atoms with E-state index in [4.69, 9.17) is 15.2 Å². The summed E-state index contributed by atoms with van der Waals surface area (Å²) in [7, 11) is 2.99. The Morgan fingerprint density at radius 1 is 1.24 bits per heavy atom. The van der Waals surface area contributed by atoms with Gasteiger partial charge in [-0.15, -0.1) is 0 Å². The molecule has 3 N–H and O–H groups in total. The molecule has 0 spiro atoms. The zero-order valence-corrected chi connectivity index (χ0v) is 12.1. The molecule has 110 valence electrons. The van der Waals surface area contributed by atoms with Gasteiger partial charge in [0.05, 0.1) is 37.4 Å². The first-order valence-electron chi connectivity index (χ1n) is 6.30. The lowest BCUT2D eigenvalue weighted by molar-refractivity contribution is 0.102. The number of pyridine rings is 1. The van der Waals surface area contributed by atoms with Crippen molar-refractivity contribution in [3.63, 3.8) is 0 Å². The van der Waals surface area contributed by atoms with Gasteiger partial charge in [-0.1, -0.05) is 0 Å². The number of hydrogen-bond acceptors (Lipinski definition) is 5. The molecule has 0 aliphatic heterocycles. The number of rotatable bonds is 4. The molecule has 0 bridgehead atoms. The third kappa shape index (κ3) is 3.22. The summed E-state index contributed by atoms with van der Waals surface area (Å²) in [6.07, 6.45) is 1.58. The highest BCUT2D eigenvalue weighted by Crippen LogP contribution is 2.31. The Morgan fingerprint density at radius 2 is 2.00 bits per heavy atom. The maximum atomic E-state index is 12.3. The number of nitrogens with zero attached hydrogens (tertiary/aromatic N) is 1. The number of aromatic nitrogens is 1. The minimum Gasteiger partial charge on any atom is -0.497 e. The number of carbonyl (C=O) groups is 1. The van der Waals surface area contributed by atoms with Crippen LogP contribution in [-0.4, -0.2) is 25.1 Å². The summed E-state index contributed by atoms with van der Waals surface area (Å²) in [6, 6.07) is 6.77. The molecule has 0 radical (unpaired) electrons. The third-order valence-electron chi connectivity index (χ3n) is 2.99. The van der Waals surface area contributed by atoms with Crippen molar-refractivity contribution in [3.05, 3.63) is 41.7 Å². The quantitative estimate of drug-likeness (QED) is 0.842. The molecule has 1 aromatic heterocycles. The average Bonchev–Trinajstić information content (AvgIpc) is 2.49. The van der Waals surface area contributed by atoms with E-state index in [-0.39, 0.29) is 17.2 Å². The molecule has 2 rings (SSSR count). The molecule has 0 saturated heterocycles. The summed E-state index contributed by atoms with van der Waals surface area (Å²) in [5.74, 6) is 0.533. The lowest BCUT2D eigenvalue weighted by atomic mass is 10.1. The number of aryl methyl sites for hydroxylation is 1. The molecule has 2 aromatic rings. The van der Waals surface area contributed by atoms with Gasteiger partial charge < -0.3 is 20.5 Å². The number of amides is 1. The fourth-order valence-electron chi connectivity index (χ4n) is 1.82. The van der Waals surface area contributed by atoms with Crippen LogP contribution in [0.2, 0.25) is 0 Å². The molecule has 1 amide bonds. The lowest BCUT2D eigenvalue weighted by Gasteiger charge is -2.12. The monoisotopic (exact) mass is 287 g/mol.